The fourth-order valence-corrected chi connectivity index (χ4v) is 3.64. The Balaban J connectivity index is 1.60. The highest BCUT2D eigenvalue weighted by Crippen LogP contribution is 2.58. The van der Waals surface area contributed by atoms with Crippen molar-refractivity contribution in [2.24, 2.45) is 17.8 Å². The first-order valence-electron chi connectivity index (χ1n) is 6.85. The number of benzene rings is 1. The van der Waals surface area contributed by atoms with Gasteiger partial charge in [0, 0.05) is 11.5 Å². The summed E-state index contributed by atoms with van der Waals surface area (Å²) in [5.41, 5.74) is 1.32. The Morgan fingerprint density at radius 3 is 2.84 bits per heavy atom. The Bertz CT molecular complexity index is 571. The van der Waals surface area contributed by atoms with Gasteiger partial charge >= 0.3 is 0 Å². The molecule has 0 aromatic heterocycles. The van der Waals surface area contributed by atoms with E-state index in [9.17, 15) is 9.59 Å². The van der Waals surface area contributed by atoms with Crippen LogP contribution >= 0.6 is 0 Å². The van der Waals surface area contributed by atoms with E-state index in [2.05, 4.69) is 5.32 Å². The van der Waals surface area contributed by atoms with Gasteiger partial charge in [-0.1, -0.05) is 6.42 Å². The Labute approximate surface area is 111 Å². The van der Waals surface area contributed by atoms with Crippen LogP contribution in [-0.2, 0) is 4.79 Å². The van der Waals surface area contributed by atoms with Crippen molar-refractivity contribution >= 4 is 17.4 Å². The van der Waals surface area contributed by atoms with Crippen molar-refractivity contribution in [3.05, 3.63) is 23.8 Å². The molecule has 1 amide bonds. The van der Waals surface area contributed by atoms with E-state index in [-0.39, 0.29) is 24.2 Å². The molecule has 0 saturated heterocycles. The SMILES string of the molecule is O=C1COc2ccc(C(=O)C3C4CCCC43)cc2N1. The van der Waals surface area contributed by atoms with E-state index in [1.807, 2.05) is 6.07 Å². The first kappa shape index (κ1) is 11.0. The van der Waals surface area contributed by atoms with Gasteiger partial charge in [-0.3, -0.25) is 9.59 Å². The Kier molecular flexibility index (Phi) is 2.22. The predicted octanol–water partition coefficient (Wildman–Crippen LogP) is 2.25. The zero-order valence-corrected chi connectivity index (χ0v) is 10.5. The van der Waals surface area contributed by atoms with E-state index < -0.39 is 0 Å². The summed E-state index contributed by atoms with van der Waals surface area (Å²) in [7, 11) is 0. The zero-order chi connectivity index (χ0) is 13.0. The molecule has 0 bridgehead atoms. The third-order valence-electron chi connectivity index (χ3n) is 4.61. The van der Waals surface area contributed by atoms with Crippen molar-refractivity contribution in [3.63, 3.8) is 0 Å². The number of ether oxygens (including phenoxy) is 1. The van der Waals surface area contributed by atoms with Gasteiger partial charge in [-0.2, -0.15) is 0 Å². The quantitative estimate of drug-likeness (QED) is 0.827. The van der Waals surface area contributed by atoms with Gasteiger partial charge in [-0.05, 0) is 42.9 Å². The summed E-state index contributed by atoms with van der Waals surface area (Å²) >= 11 is 0. The van der Waals surface area contributed by atoms with Crippen LogP contribution in [-0.4, -0.2) is 18.3 Å². The average Bonchev–Trinajstić information content (AvgIpc) is 2.89. The molecule has 2 atom stereocenters. The van der Waals surface area contributed by atoms with E-state index in [1.54, 1.807) is 12.1 Å². The molecule has 19 heavy (non-hydrogen) atoms. The molecule has 3 aliphatic rings. The van der Waals surface area contributed by atoms with E-state index in [1.165, 1.54) is 19.3 Å². The van der Waals surface area contributed by atoms with Crippen LogP contribution < -0.4 is 10.1 Å². The summed E-state index contributed by atoms with van der Waals surface area (Å²) < 4.78 is 5.30. The number of carbonyl (C=O) groups is 2. The van der Waals surface area contributed by atoms with Crippen molar-refractivity contribution < 1.29 is 14.3 Å². The number of hydrogen-bond acceptors (Lipinski definition) is 3. The molecule has 1 aliphatic heterocycles. The number of carbonyl (C=O) groups excluding carboxylic acids is 2. The van der Waals surface area contributed by atoms with E-state index in [0.29, 0.717) is 28.8 Å². The number of Topliss-reactive ketones (excluding diaryl/α,β-unsaturated/α-hetero) is 1. The maximum absolute atomic E-state index is 12.4. The molecule has 0 spiro atoms. The molecule has 2 aliphatic carbocycles. The van der Waals surface area contributed by atoms with E-state index >= 15 is 0 Å². The molecule has 1 aromatic rings. The second-order valence-electron chi connectivity index (χ2n) is 5.70. The van der Waals surface area contributed by atoms with Crippen LogP contribution in [0.25, 0.3) is 0 Å². The van der Waals surface area contributed by atoms with Gasteiger partial charge in [0.25, 0.3) is 5.91 Å². The van der Waals surface area contributed by atoms with Gasteiger partial charge < -0.3 is 10.1 Å². The Morgan fingerprint density at radius 2 is 2.05 bits per heavy atom. The Hall–Kier alpha value is -1.84. The number of rotatable bonds is 2. The lowest BCUT2D eigenvalue weighted by atomic mass is 10.0. The molecule has 4 rings (SSSR count). The molecule has 2 unspecified atom stereocenters. The molecule has 4 heteroatoms. The van der Waals surface area contributed by atoms with Crippen LogP contribution in [0.4, 0.5) is 5.69 Å². The van der Waals surface area contributed by atoms with E-state index in [4.69, 9.17) is 4.74 Å². The molecule has 2 saturated carbocycles. The van der Waals surface area contributed by atoms with Crippen molar-refractivity contribution in [3.8, 4) is 5.75 Å². The smallest absolute Gasteiger partial charge is 0.262 e. The Morgan fingerprint density at radius 1 is 1.26 bits per heavy atom. The highest BCUT2D eigenvalue weighted by atomic mass is 16.5. The lowest BCUT2D eigenvalue weighted by Gasteiger charge is -2.18. The average molecular weight is 257 g/mol. The first-order valence-corrected chi connectivity index (χ1v) is 6.85. The molecule has 4 nitrogen and oxygen atoms in total. The van der Waals surface area contributed by atoms with Crippen LogP contribution in [0.3, 0.4) is 0 Å². The minimum Gasteiger partial charge on any atom is -0.482 e. The lowest BCUT2D eigenvalue weighted by Crippen LogP contribution is -2.25. The molecular formula is C15H15NO3. The van der Waals surface area contributed by atoms with E-state index in [0.717, 1.165) is 0 Å². The highest BCUT2D eigenvalue weighted by Gasteiger charge is 2.56. The number of fused-ring (bicyclic) bond motifs is 2. The lowest BCUT2D eigenvalue weighted by molar-refractivity contribution is -0.118. The van der Waals surface area contributed by atoms with Crippen LogP contribution in [0.1, 0.15) is 29.6 Å². The fraction of sp³-hybridized carbons (Fsp3) is 0.467. The zero-order valence-electron chi connectivity index (χ0n) is 10.5. The predicted molar refractivity (Wildman–Crippen MR) is 69.2 cm³/mol. The van der Waals surface area contributed by atoms with Gasteiger partial charge in [0.05, 0.1) is 5.69 Å². The highest BCUT2D eigenvalue weighted by molar-refractivity contribution is 6.03. The summed E-state index contributed by atoms with van der Waals surface area (Å²) in [6.07, 6.45) is 3.67. The van der Waals surface area contributed by atoms with Crippen LogP contribution in [0.2, 0.25) is 0 Å². The summed E-state index contributed by atoms with van der Waals surface area (Å²) in [5, 5.41) is 2.75. The molecule has 1 aromatic carbocycles. The number of amides is 1. The minimum absolute atomic E-state index is 0.0487. The van der Waals surface area contributed by atoms with Gasteiger partial charge in [0.2, 0.25) is 0 Å². The molecule has 1 N–H and O–H groups in total. The van der Waals surface area contributed by atoms with Crippen LogP contribution in [0.5, 0.6) is 5.75 Å². The molecule has 98 valence electrons. The van der Waals surface area contributed by atoms with Gasteiger partial charge in [0.15, 0.2) is 12.4 Å². The number of anilines is 1. The second kappa shape index (κ2) is 3.83. The van der Waals surface area contributed by atoms with Crippen LogP contribution in [0.15, 0.2) is 18.2 Å². The van der Waals surface area contributed by atoms with Gasteiger partial charge in [-0.15, -0.1) is 0 Å². The summed E-state index contributed by atoms with van der Waals surface area (Å²) in [6, 6.07) is 5.34. The summed E-state index contributed by atoms with van der Waals surface area (Å²) in [6.45, 7) is 0.0487. The van der Waals surface area contributed by atoms with Crippen molar-refractivity contribution in [1.29, 1.82) is 0 Å². The fourth-order valence-electron chi connectivity index (χ4n) is 3.64. The largest absolute Gasteiger partial charge is 0.482 e. The molecular weight excluding hydrogens is 242 g/mol. The number of ketones is 1. The van der Waals surface area contributed by atoms with Gasteiger partial charge in [0.1, 0.15) is 5.75 Å². The summed E-state index contributed by atoms with van der Waals surface area (Å²) in [4.78, 5) is 23.7. The molecule has 1 heterocycles. The van der Waals surface area contributed by atoms with Gasteiger partial charge in [-0.25, -0.2) is 0 Å². The molecule has 2 fully saturated rings. The monoisotopic (exact) mass is 257 g/mol. The van der Waals surface area contributed by atoms with Crippen LogP contribution in [0, 0.1) is 17.8 Å². The maximum atomic E-state index is 12.4. The number of nitrogens with one attached hydrogen (secondary N) is 1. The maximum Gasteiger partial charge on any atom is 0.262 e. The standard InChI is InChI=1S/C15H15NO3/c17-13-7-19-12-5-4-8(6-11(12)16-13)15(18)14-9-2-1-3-10(9)14/h4-6,9-10,14H,1-3,7H2,(H,16,17). The normalized spacial score (nSPS) is 30.9. The third kappa shape index (κ3) is 1.66. The number of hydrogen-bond donors (Lipinski definition) is 1. The van der Waals surface area contributed by atoms with Crippen molar-refractivity contribution in [2.75, 3.05) is 11.9 Å². The first-order chi connectivity index (χ1) is 9.24. The summed E-state index contributed by atoms with van der Waals surface area (Å²) in [5.74, 6) is 2.18. The third-order valence-corrected chi connectivity index (χ3v) is 4.61. The second-order valence-corrected chi connectivity index (χ2v) is 5.70. The molecule has 0 radical (unpaired) electrons. The topological polar surface area (TPSA) is 55.4 Å². The van der Waals surface area contributed by atoms with Crippen molar-refractivity contribution in [2.45, 2.75) is 19.3 Å². The van der Waals surface area contributed by atoms with Crippen molar-refractivity contribution in [1.82, 2.24) is 0 Å². The minimum atomic E-state index is -0.166.